The molecule has 166 valence electrons. The van der Waals surface area contributed by atoms with Crippen LogP contribution in [0.1, 0.15) is 26.7 Å². The molecule has 1 heterocycles. The summed E-state index contributed by atoms with van der Waals surface area (Å²) in [7, 11) is 0. The van der Waals surface area contributed by atoms with Gasteiger partial charge in [-0.1, -0.05) is 0 Å². The van der Waals surface area contributed by atoms with Crippen LogP contribution in [0.25, 0.3) is 0 Å². The largest absolute Gasteiger partial charge is 0.379 e. The summed E-state index contributed by atoms with van der Waals surface area (Å²) >= 11 is 0. The lowest BCUT2D eigenvalue weighted by atomic mass is 10.2. The molecule has 1 saturated heterocycles. The fourth-order valence-corrected chi connectivity index (χ4v) is 2.28. The van der Waals surface area contributed by atoms with Crippen molar-refractivity contribution in [2.45, 2.75) is 38.8 Å². The predicted octanol–water partition coefficient (Wildman–Crippen LogP) is -1.93. The topological polar surface area (TPSA) is 144 Å². The molecular formula is C18H32N4O7. The van der Waals surface area contributed by atoms with Crippen molar-refractivity contribution >= 4 is 23.6 Å². The normalized spacial score (nSPS) is 25.9. The quantitative estimate of drug-likeness (QED) is 0.337. The van der Waals surface area contributed by atoms with Crippen LogP contribution in [0.3, 0.4) is 0 Å². The number of carbonyl (C=O) groups is 4. The molecule has 0 saturated carbocycles. The maximum atomic E-state index is 12.0. The summed E-state index contributed by atoms with van der Waals surface area (Å²) in [4.78, 5) is 47.8. The van der Waals surface area contributed by atoms with Crippen LogP contribution in [0.5, 0.6) is 0 Å². The Labute approximate surface area is 170 Å². The average Bonchev–Trinajstić information content (AvgIpc) is 2.69. The second-order valence-corrected chi connectivity index (χ2v) is 6.52. The van der Waals surface area contributed by atoms with Gasteiger partial charge in [0.1, 0.15) is 12.1 Å². The lowest BCUT2D eigenvalue weighted by Gasteiger charge is -2.16. The van der Waals surface area contributed by atoms with Crippen molar-refractivity contribution in [2.24, 2.45) is 0 Å². The second-order valence-electron chi connectivity index (χ2n) is 6.52. The monoisotopic (exact) mass is 416 g/mol. The van der Waals surface area contributed by atoms with Crippen LogP contribution in [0, 0.1) is 0 Å². The van der Waals surface area contributed by atoms with Crippen LogP contribution in [0.4, 0.5) is 0 Å². The molecule has 4 N–H and O–H groups in total. The van der Waals surface area contributed by atoms with Crippen molar-refractivity contribution in [3.05, 3.63) is 0 Å². The van der Waals surface area contributed by atoms with Gasteiger partial charge in [-0.3, -0.25) is 19.2 Å². The maximum absolute atomic E-state index is 12.0. The third-order valence-corrected chi connectivity index (χ3v) is 3.96. The third-order valence-electron chi connectivity index (χ3n) is 3.96. The molecule has 11 heteroatoms. The summed E-state index contributed by atoms with van der Waals surface area (Å²) in [5.74, 6) is -2.80. The highest BCUT2D eigenvalue weighted by molar-refractivity contribution is 6.35. The van der Waals surface area contributed by atoms with Crippen molar-refractivity contribution in [1.29, 1.82) is 0 Å². The lowest BCUT2D eigenvalue weighted by molar-refractivity contribution is -0.141. The highest BCUT2D eigenvalue weighted by atomic mass is 16.5. The summed E-state index contributed by atoms with van der Waals surface area (Å²) in [6.45, 7) is 6.39. The molecule has 0 spiro atoms. The molecule has 0 bridgehead atoms. The predicted molar refractivity (Wildman–Crippen MR) is 103 cm³/mol. The molecule has 1 aliphatic heterocycles. The zero-order chi connectivity index (χ0) is 21.5. The molecule has 0 aliphatic carbocycles. The minimum atomic E-state index is -0.984. The molecule has 1 fully saturated rings. The molecule has 4 amide bonds. The van der Waals surface area contributed by atoms with E-state index in [9.17, 15) is 19.2 Å². The van der Waals surface area contributed by atoms with E-state index in [0.717, 1.165) is 0 Å². The number of carbonyl (C=O) groups excluding carboxylic acids is 4. The van der Waals surface area contributed by atoms with Crippen LogP contribution < -0.4 is 21.3 Å². The van der Waals surface area contributed by atoms with E-state index in [2.05, 4.69) is 21.3 Å². The molecule has 11 nitrogen and oxygen atoms in total. The Morgan fingerprint density at radius 3 is 1.34 bits per heavy atom. The zero-order valence-electron chi connectivity index (χ0n) is 17.1. The highest BCUT2D eigenvalue weighted by Gasteiger charge is 2.23. The number of ether oxygens (including phenoxy) is 3. The first kappa shape index (κ1) is 24.8. The van der Waals surface area contributed by atoms with Crippen molar-refractivity contribution < 1.29 is 33.4 Å². The van der Waals surface area contributed by atoms with Crippen molar-refractivity contribution in [3.8, 4) is 0 Å². The molecule has 0 radical (unpaired) electrons. The Morgan fingerprint density at radius 1 is 0.621 bits per heavy atom. The molecular weight excluding hydrogens is 384 g/mol. The van der Waals surface area contributed by atoms with Gasteiger partial charge >= 0.3 is 11.8 Å². The van der Waals surface area contributed by atoms with Crippen LogP contribution in [-0.4, -0.2) is 88.4 Å². The fraction of sp³-hybridized carbons (Fsp3) is 0.778. The van der Waals surface area contributed by atoms with E-state index < -0.39 is 35.7 Å². The first-order chi connectivity index (χ1) is 13.9. The van der Waals surface area contributed by atoms with Crippen molar-refractivity contribution in [2.75, 3.05) is 52.7 Å². The van der Waals surface area contributed by atoms with E-state index in [-0.39, 0.29) is 0 Å². The van der Waals surface area contributed by atoms with Gasteiger partial charge in [0, 0.05) is 26.3 Å². The summed E-state index contributed by atoms with van der Waals surface area (Å²) < 4.78 is 16.2. The van der Waals surface area contributed by atoms with E-state index in [1.807, 2.05) is 0 Å². The maximum Gasteiger partial charge on any atom is 0.309 e. The Balaban J connectivity index is 2.51. The van der Waals surface area contributed by atoms with Gasteiger partial charge in [0.15, 0.2) is 0 Å². The van der Waals surface area contributed by atoms with Gasteiger partial charge in [-0.25, -0.2) is 0 Å². The SMILES string of the molecule is CC1NC(=O)C(=O)N[C@@H](C)C(=O)NCCCOCCOCCOCCCNC1=O. The number of amides is 4. The smallest absolute Gasteiger partial charge is 0.309 e. The molecule has 29 heavy (non-hydrogen) atoms. The molecule has 0 aromatic heterocycles. The van der Waals surface area contributed by atoms with Crippen LogP contribution in [-0.2, 0) is 33.4 Å². The van der Waals surface area contributed by atoms with Gasteiger partial charge < -0.3 is 35.5 Å². The minimum absolute atomic E-state index is 0.372. The average molecular weight is 416 g/mol. The third kappa shape index (κ3) is 11.4. The standard InChI is InChI=1S/C18H32N4O7/c1-13-15(23)19-5-3-7-27-9-11-29-12-10-28-8-4-6-20-16(24)14(2)22-18(26)17(25)21-13/h13-14H,3-12H2,1-2H3,(H,19,23)(H,20,24)(H,21,25)(H,22,26)/t13-,14?/m0/s1. The summed E-state index contributed by atoms with van der Waals surface area (Å²) in [6.07, 6.45) is 1.20. The van der Waals surface area contributed by atoms with Gasteiger partial charge in [-0.2, -0.15) is 0 Å². The van der Waals surface area contributed by atoms with Crippen LogP contribution in [0.2, 0.25) is 0 Å². The van der Waals surface area contributed by atoms with Gasteiger partial charge in [0.05, 0.1) is 26.4 Å². The van der Waals surface area contributed by atoms with Crippen LogP contribution >= 0.6 is 0 Å². The minimum Gasteiger partial charge on any atom is -0.379 e. The second kappa shape index (κ2) is 14.7. The van der Waals surface area contributed by atoms with E-state index in [1.54, 1.807) is 0 Å². The summed E-state index contributed by atoms with van der Waals surface area (Å²) in [6, 6.07) is -1.79. The zero-order valence-corrected chi connectivity index (χ0v) is 17.1. The summed E-state index contributed by atoms with van der Waals surface area (Å²) in [5.41, 5.74) is 0. The fourth-order valence-electron chi connectivity index (χ4n) is 2.28. The first-order valence-corrected chi connectivity index (χ1v) is 9.82. The van der Waals surface area contributed by atoms with Crippen molar-refractivity contribution in [1.82, 2.24) is 21.3 Å². The Hall–Kier alpha value is -2.24. The molecule has 2 atom stereocenters. The van der Waals surface area contributed by atoms with E-state index in [1.165, 1.54) is 13.8 Å². The van der Waals surface area contributed by atoms with Gasteiger partial charge in [-0.05, 0) is 26.7 Å². The van der Waals surface area contributed by atoms with Gasteiger partial charge in [-0.15, -0.1) is 0 Å². The highest BCUT2D eigenvalue weighted by Crippen LogP contribution is 1.90. The van der Waals surface area contributed by atoms with E-state index in [0.29, 0.717) is 65.6 Å². The van der Waals surface area contributed by atoms with Gasteiger partial charge in [0.2, 0.25) is 11.8 Å². The Bertz CT molecular complexity index is 498. The van der Waals surface area contributed by atoms with Crippen molar-refractivity contribution in [3.63, 3.8) is 0 Å². The first-order valence-electron chi connectivity index (χ1n) is 9.82. The van der Waals surface area contributed by atoms with Crippen LogP contribution in [0.15, 0.2) is 0 Å². The molecule has 1 rings (SSSR count). The number of nitrogens with one attached hydrogen (secondary N) is 4. The number of hydrogen-bond donors (Lipinski definition) is 4. The number of hydrogen-bond acceptors (Lipinski definition) is 7. The van der Waals surface area contributed by atoms with E-state index >= 15 is 0 Å². The molecule has 0 aromatic carbocycles. The summed E-state index contributed by atoms with van der Waals surface area (Å²) in [5, 5.41) is 9.90. The Morgan fingerprint density at radius 2 is 0.966 bits per heavy atom. The molecule has 1 unspecified atom stereocenters. The lowest BCUT2D eigenvalue weighted by Crippen LogP contribution is -2.53. The number of rotatable bonds is 0. The molecule has 1 aliphatic rings. The Kier molecular flexibility index (Phi) is 12.6. The molecule has 0 aromatic rings. The van der Waals surface area contributed by atoms with Gasteiger partial charge in [0.25, 0.3) is 0 Å². The van der Waals surface area contributed by atoms with E-state index in [4.69, 9.17) is 14.2 Å².